The largest absolute Gasteiger partial charge is 0.461 e. The number of hydrogen-bond donors (Lipinski definition) is 0. The van der Waals surface area contributed by atoms with Gasteiger partial charge in [0.05, 0.1) is 18.3 Å². The molecule has 0 spiro atoms. The van der Waals surface area contributed by atoms with Gasteiger partial charge in [0.1, 0.15) is 0 Å². The quantitative estimate of drug-likeness (QED) is 0.674. The van der Waals surface area contributed by atoms with Crippen molar-refractivity contribution in [2.75, 3.05) is 0 Å². The van der Waals surface area contributed by atoms with Gasteiger partial charge in [-0.15, -0.1) is 0 Å². The van der Waals surface area contributed by atoms with Crippen molar-refractivity contribution in [2.45, 2.75) is 6.54 Å². The van der Waals surface area contributed by atoms with Crippen molar-refractivity contribution in [1.29, 1.82) is 0 Å². The molecule has 0 saturated carbocycles. The fourth-order valence-electron chi connectivity index (χ4n) is 2.07. The summed E-state index contributed by atoms with van der Waals surface area (Å²) in [5.74, 6) is 0.0447. The molecule has 2 heterocycles. The molecule has 0 aliphatic rings. The molecular formula is C15H11NO3. The third-order valence-corrected chi connectivity index (χ3v) is 3.00. The van der Waals surface area contributed by atoms with Crippen LogP contribution in [0.3, 0.4) is 0 Å². The van der Waals surface area contributed by atoms with Crippen LogP contribution in [-0.4, -0.2) is 10.4 Å². The summed E-state index contributed by atoms with van der Waals surface area (Å²) in [6.45, 7) is -0.0201. The first-order chi connectivity index (χ1) is 9.25. The number of pyridine rings is 1. The van der Waals surface area contributed by atoms with E-state index in [0.29, 0.717) is 0 Å². The number of fused-ring (bicyclic) bond motifs is 1. The Kier molecular flexibility index (Phi) is 2.76. The van der Waals surface area contributed by atoms with Crippen molar-refractivity contribution in [3.05, 3.63) is 70.9 Å². The van der Waals surface area contributed by atoms with Gasteiger partial charge in [-0.3, -0.25) is 9.59 Å². The highest BCUT2D eigenvalue weighted by Gasteiger charge is 2.12. The molecule has 4 nitrogen and oxygen atoms in total. The minimum atomic E-state index is -0.219. The lowest BCUT2D eigenvalue weighted by Crippen LogP contribution is -2.23. The minimum Gasteiger partial charge on any atom is -0.461 e. The van der Waals surface area contributed by atoms with E-state index < -0.39 is 0 Å². The number of carbonyl (C=O) groups is 1. The van der Waals surface area contributed by atoms with Crippen molar-refractivity contribution in [2.24, 2.45) is 0 Å². The molecule has 0 atom stereocenters. The molecule has 0 saturated heterocycles. The lowest BCUT2D eigenvalue weighted by atomic mass is 10.2. The van der Waals surface area contributed by atoms with Gasteiger partial charge in [0.15, 0.2) is 5.76 Å². The lowest BCUT2D eigenvalue weighted by molar-refractivity contribution is 0.0945. The van der Waals surface area contributed by atoms with Crippen molar-refractivity contribution in [1.82, 2.24) is 4.57 Å². The summed E-state index contributed by atoms with van der Waals surface area (Å²) in [6.07, 6.45) is 1.44. The number of Topliss-reactive ketones (excluding diaryl/α,β-unsaturated/α-hetero) is 1. The zero-order valence-corrected chi connectivity index (χ0v) is 10.1. The van der Waals surface area contributed by atoms with Gasteiger partial charge in [0.2, 0.25) is 5.78 Å². The monoisotopic (exact) mass is 253 g/mol. The summed E-state index contributed by atoms with van der Waals surface area (Å²) in [5, 5.41) is 0.925. The molecule has 3 rings (SSSR count). The van der Waals surface area contributed by atoms with E-state index in [-0.39, 0.29) is 23.6 Å². The van der Waals surface area contributed by atoms with Crippen LogP contribution in [0.25, 0.3) is 10.9 Å². The Labute approximate surface area is 108 Å². The molecule has 2 aromatic heterocycles. The van der Waals surface area contributed by atoms with Crippen molar-refractivity contribution in [3.63, 3.8) is 0 Å². The maximum atomic E-state index is 12.0. The van der Waals surface area contributed by atoms with Crippen LogP contribution in [-0.2, 0) is 6.54 Å². The van der Waals surface area contributed by atoms with E-state index in [1.54, 1.807) is 18.2 Å². The van der Waals surface area contributed by atoms with Crippen LogP contribution >= 0.6 is 0 Å². The highest BCUT2D eigenvalue weighted by atomic mass is 16.3. The molecule has 0 bridgehead atoms. The highest BCUT2D eigenvalue weighted by molar-refractivity contribution is 5.94. The van der Waals surface area contributed by atoms with Gasteiger partial charge in [-0.1, -0.05) is 18.2 Å². The van der Waals surface area contributed by atoms with E-state index in [2.05, 4.69) is 0 Å². The fourth-order valence-corrected chi connectivity index (χ4v) is 2.07. The van der Waals surface area contributed by atoms with Gasteiger partial charge in [-0.2, -0.15) is 0 Å². The van der Waals surface area contributed by atoms with Crippen LogP contribution in [0.5, 0.6) is 0 Å². The standard InChI is InChI=1S/C15H11NO3/c17-13(14-6-3-9-19-14)10-16-12-5-2-1-4-11(12)7-8-15(16)18/h1-9H,10H2. The fraction of sp³-hybridized carbons (Fsp3) is 0.0667. The van der Waals surface area contributed by atoms with E-state index in [0.717, 1.165) is 10.9 Å². The Bertz CT molecular complexity index is 785. The third kappa shape index (κ3) is 2.08. The molecule has 0 radical (unpaired) electrons. The smallest absolute Gasteiger partial charge is 0.251 e. The molecular weight excluding hydrogens is 242 g/mol. The first-order valence-corrected chi connectivity index (χ1v) is 5.91. The van der Waals surface area contributed by atoms with Crippen LogP contribution < -0.4 is 5.56 Å². The predicted octanol–water partition coefficient (Wildman–Crippen LogP) is 2.48. The molecule has 19 heavy (non-hydrogen) atoms. The number of carbonyl (C=O) groups excluding carboxylic acids is 1. The molecule has 3 aromatic rings. The van der Waals surface area contributed by atoms with Gasteiger partial charge < -0.3 is 8.98 Å². The van der Waals surface area contributed by atoms with Gasteiger partial charge in [-0.25, -0.2) is 0 Å². The molecule has 1 aromatic carbocycles. The molecule has 0 amide bonds. The van der Waals surface area contributed by atoms with E-state index in [4.69, 9.17) is 4.42 Å². The Hall–Kier alpha value is -2.62. The SMILES string of the molecule is O=C(Cn1c(=O)ccc2ccccc21)c1ccco1. The molecule has 0 N–H and O–H groups in total. The molecule has 94 valence electrons. The van der Waals surface area contributed by atoms with E-state index in [9.17, 15) is 9.59 Å². The topological polar surface area (TPSA) is 52.2 Å². The third-order valence-electron chi connectivity index (χ3n) is 3.00. The number of furan rings is 1. The summed E-state index contributed by atoms with van der Waals surface area (Å²) in [4.78, 5) is 23.9. The molecule has 0 unspecified atom stereocenters. The second-order valence-electron chi connectivity index (χ2n) is 4.22. The second-order valence-corrected chi connectivity index (χ2v) is 4.22. The molecule has 4 heteroatoms. The summed E-state index contributed by atoms with van der Waals surface area (Å²) in [7, 11) is 0. The van der Waals surface area contributed by atoms with Gasteiger partial charge >= 0.3 is 0 Å². The van der Waals surface area contributed by atoms with Crippen LogP contribution in [0.4, 0.5) is 0 Å². The van der Waals surface area contributed by atoms with Crippen LogP contribution in [0.1, 0.15) is 10.6 Å². The van der Waals surface area contributed by atoms with E-state index >= 15 is 0 Å². The van der Waals surface area contributed by atoms with E-state index in [1.165, 1.54) is 16.9 Å². The average molecular weight is 253 g/mol. The van der Waals surface area contributed by atoms with E-state index in [1.807, 2.05) is 24.3 Å². The van der Waals surface area contributed by atoms with Crippen LogP contribution in [0.15, 0.2) is 64.0 Å². The number of benzene rings is 1. The Morgan fingerprint density at radius 3 is 2.68 bits per heavy atom. The first kappa shape index (κ1) is 11.5. The number of ketones is 1. The van der Waals surface area contributed by atoms with Crippen LogP contribution in [0.2, 0.25) is 0 Å². The Balaban J connectivity index is 2.08. The lowest BCUT2D eigenvalue weighted by Gasteiger charge is -2.08. The molecule has 0 aliphatic carbocycles. The van der Waals surface area contributed by atoms with Crippen molar-refractivity contribution in [3.8, 4) is 0 Å². The summed E-state index contributed by atoms with van der Waals surface area (Å²) in [5.41, 5.74) is 0.550. The van der Waals surface area contributed by atoms with Crippen molar-refractivity contribution >= 4 is 16.7 Å². The Morgan fingerprint density at radius 1 is 1.05 bits per heavy atom. The van der Waals surface area contributed by atoms with Crippen molar-refractivity contribution < 1.29 is 9.21 Å². The summed E-state index contributed by atoms with van der Waals surface area (Å²) in [6, 6.07) is 13.9. The highest BCUT2D eigenvalue weighted by Crippen LogP contribution is 2.12. The van der Waals surface area contributed by atoms with Gasteiger partial charge in [0, 0.05) is 6.07 Å². The normalized spacial score (nSPS) is 10.7. The summed E-state index contributed by atoms with van der Waals surface area (Å²) < 4.78 is 6.51. The van der Waals surface area contributed by atoms with Gasteiger partial charge in [-0.05, 0) is 29.7 Å². The predicted molar refractivity (Wildman–Crippen MR) is 71.2 cm³/mol. The average Bonchev–Trinajstić information content (AvgIpc) is 2.96. The number of para-hydroxylation sites is 1. The number of hydrogen-bond acceptors (Lipinski definition) is 3. The zero-order valence-electron chi connectivity index (χ0n) is 10.1. The van der Waals surface area contributed by atoms with Gasteiger partial charge in [0.25, 0.3) is 5.56 Å². The number of rotatable bonds is 3. The van der Waals surface area contributed by atoms with Crippen LogP contribution in [0, 0.1) is 0 Å². The molecule has 0 fully saturated rings. The summed E-state index contributed by atoms with van der Waals surface area (Å²) >= 11 is 0. The zero-order chi connectivity index (χ0) is 13.2. The minimum absolute atomic E-state index is 0.0201. The second kappa shape index (κ2) is 4.57. The maximum absolute atomic E-state index is 12.0. The molecule has 0 aliphatic heterocycles. The number of nitrogens with zero attached hydrogens (tertiary/aromatic N) is 1. The number of aromatic nitrogens is 1. The first-order valence-electron chi connectivity index (χ1n) is 5.91. The maximum Gasteiger partial charge on any atom is 0.251 e. The Morgan fingerprint density at radius 2 is 1.89 bits per heavy atom.